The molecule has 4 aliphatic heterocycles. The molecule has 2 spiro atoms. The largest absolute Gasteiger partial charge is 0.504 e. The Morgan fingerprint density at radius 2 is 1.15 bits per heavy atom. The van der Waals surface area contributed by atoms with E-state index in [1.54, 1.807) is 39.0 Å². The zero-order valence-electron chi connectivity index (χ0n) is 46.8. The molecule has 0 radical (unpaired) electrons. The molecule has 0 aromatic heterocycles. The Bertz CT molecular complexity index is 2990. The number of benzene rings is 2. The van der Waals surface area contributed by atoms with Gasteiger partial charge in [0.25, 0.3) is 0 Å². The monoisotopic (exact) mass is 1180 g/mol. The molecule has 446 valence electrons. The number of hydrogen-bond donors (Lipinski definition) is 5. The molecule has 4 heterocycles. The van der Waals surface area contributed by atoms with Crippen LogP contribution >= 0.6 is 23.2 Å². The molecule has 10 rings (SSSR count). The summed E-state index contributed by atoms with van der Waals surface area (Å²) in [7, 11) is 3.99. The van der Waals surface area contributed by atoms with Gasteiger partial charge in [0, 0.05) is 36.1 Å². The van der Waals surface area contributed by atoms with Crippen molar-refractivity contribution in [1.82, 2.24) is 9.80 Å². The van der Waals surface area contributed by atoms with Crippen LogP contribution in [0, 0.1) is 6.92 Å². The second-order valence-corrected chi connectivity index (χ2v) is 24.0. The molecule has 0 unspecified atom stereocenters. The fraction of sp³-hybridized carbons (Fsp3) is 0.586. The van der Waals surface area contributed by atoms with Gasteiger partial charge in [-0.15, -0.1) is 23.2 Å². The number of carboxylic acids is 2. The van der Waals surface area contributed by atoms with Crippen LogP contribution in [-0.4, -0.2) is 175 Å². The lowest BCUT2D eigenvalue weighted by molar-refractivity contribution is -0.171. The zero-order chi connectivity index (χ0) is 60.0. The van der Waals surface area contributed by atoms with Gasteiger partial charge in [0.15, 0.2) is 35.6 Å². The van der Waals surface area contributed by atoms with Gasteiger partial charge in [0.1, 0.15) is 29.7 Å². The third kappa shape index (κ3) is 11.4. The lowest BCUT2D eigenvalue weighted by Crippen LogP contribution is -2.74. The molecule has 8 aliphatic rings. The van der Waals surface area contributed by atoms with E-state index in [4.69, 9.17) is 61.8 Å². The topological polar surface area (TPSA) is 309 Å². The number of esters is 4. The summed E-state index contributed by atoms with van der Waals surface area (Å²) in [4.78, 5) is 101. The van der Waals surface area contributed by atoms with Gasteiger partial charge in [0.05, 0.1) is 71.5 Å². The molecule has 4 aliphatic carbocycles. The number of rotatable bonds is 18. The molecule has 2 fully saturated rings. The number of aromatic hydroxyl groups is 1. The Labute approximate surface area is 483 Å². The quantitative estimate of drug-likeness (QED) is 0.0763. The number of alkyl halides is 2. The number of aliphatic hydroxyl groups is 2. The van der Waals surface area contributed by atoms with E-state index in [1.165, 1.54) is 6.92 Å². The summed E-state index contributed by atoms with van der Waals surface area (Å²) in [5, 5.41) is 52.8. The van der Waals surface area contributed by atoms with Crippen molar-refractivity contribution >= 4 is 70.6 Å². The second kappa shape index (κ2) is 23.8. The van der Waals surface area contributed by atoms with Gasteiger partial charge in [0.2, 0.25) is 6.10 Å². The maximum absolute atomic E-state index is 13.0. The van der Waals surface area contributed by atoms with Crippen molar-refractivity contribution in [2.75, 3.05) is 39.1 Å². The van der Waals surface area contributed by atoms with Crippen molar-refractivity contribution in [1.29, 1.82) is 0 Å². The molecule has 2 aromatic carbocycles. The maximum atomic E-state index is 13.0. The highest BCUT2D eigenvalue weighted by molar-refractivity contribution is 6.40. The van der Waals surface area contributed by atoms with Crippen molar-refractivity contribution in [3.8, 4) is 17.2 Å². The first kappa shape index (κ1) is 61.9. The number of phenolic OH excluding ortho intramolecular Hbond substituents is 1. The van der Waals surface area contributed by atoms with Crippen LogP contribution in [0.5, 0.6) is 17.2 Å². The van der Waals surface area contributed by atoms with Crippen molar-refractivity contribution in [2.45, 2.75) is 176 Å². The summed E-state index contributed by atoms with van der Waals surface area (Å²) in [6, 6.07) is 7.23. The summed E-state index contributed by atoms with van der Waals surface area (Å²) < 4.78 is 39.5. The minimum Gasteiger partial charge on any atom is -0.504 e. The smallest absolute Gasteiger partial charge is 0.345 e. The summed E-state index contributed by atoms with van der Waals surface area (Å²) in [5.74, 6) is -5.72. The predicted octanol–water partition coefficient (Wildman–Crippen LogP) is 4.76. The second-order valence-electron chi connectivity index (χ2n) is 23.2. The third-order valence-corrected chi connectivity index (χ3v) is 17.1. The number of Topliss-reactive ketones (excluding diaryl/α,β-unsaturated/α-hetero) is 2. The average molecular weight is 1190 g/mol. The number of likely N-dealkylation sites (tertiary alicyclic amines) is 2. The van der Waals surface area contributed by atoms with Crippen LogP contribution in [0.25, 0.3) is 0 Å². The zero-order valence-corrected chi connectivity index (χ0v) is 48.3. The van der Waals surface area contributed by atoms with E-state index in [0.717, 1.165) is 40.1 Å². The number of ketones is 2. The standard InChI is InChI=1S/C32H41NO9.C25H27NO11.CH2Cl2/c1-18-7-8-20-16-24-32(38)12-11-22(29-31(32,13-14-33(24)6)27(20)28(18)42-29)40-25(36)9-10-26(37)41-23(15-19(2)34)21(35)17-39-30(3,4)5;1-26-9-8-24-20-12-2-3-13(27)21(20)37-22(24)14(6-7-25(24,34)16(26)10-12)35-18(30)4-5-19(31)36-15(23(32)33)11-17(28)29;2-1-3/h7-8,11,23-24,29,38H,9-10,12-17H2,1-6H3;2-3,6,15-16,22,27,34H,4-5,7-11H2,1H3,(H,28,29)(H,32,33);1H2/t23-,24+,29-,31-,32+;15-,16+,22-,24-,25+;/m00./s1. The van der Waals surface area contributed by atoms with Crippen molar-refractivity contribution < 1.29 is 97.0 Å². The van der Waals surface area contributed by atoms with E-state index in [2.05, 4.69) is 20.6 Å². The van der Waals surface area contributed by atoms with E-state index in [9.17, 15) is 53.7 Å². The number of carbonyl (C=O) groups is 8. The fourth-order valence-electron chi connectivity index (χ4n) is 13.4. The van der Waals surface area contributed by atoms with Crippen LogP contribution < -0.4 is 9.47 Å². The normalized spacial score (nSPS) is 28.1. The molecule has 5 N–H and O–H groups in total. The maximum Gasteiger partial charge on any atom is 0.345 e. The minimum atomic E-state index is -1.87. The Hall–Kier alpha value is -6.14. The fourth-order valence-corrected chi connectivity index (χ4v) is 13.4. The first-order valence-corrected chi connectivity index (χ1v) is 28.2. The van der Waals surface area contributed by atoms with E-state index in [-0.39, 0.29) is 72.8 Å². The van der Waals surface area contributed by atoms with Gasteiger partial charge >= 0.3 is 35.8 Å². The molecule has 10 atom stereocenters. The van der Waals surface area contributed by atoms with E-state index < -0.39 is 113 Å². The number of hydrogen-bond acceptors (Lipinski definition) is 20. The van der Waals surface area contributed by atoms with Gasteiger partial charge in [-0.2, -0.15) is 0 Å². The van der Waals surface area contributed by atoms with Crippen molar-refractivity contribution in [3.05, 3.63) is 75.8 Å². The molecule has 22 nitrogen and oxygen atoms in total. The SMILES string of the molecule is CC(=O)C[C@H](OC(=O)CCC(=O)OC1=CC[C@@]2(O)[C@H]3Cc4ccc(C)c5c4[C@@]2(CCN3C)[C@H]1O5)C(=O)COC(C)(C)C.CN1CC[C@]23c4c5ccc(O)c4O[C@H]2C(OC(=O)CCC(=O)O[C@@H](CC(=O)O)C(=O)O)=CC[C@@]3(O)[C@H]1C5.ClCCl. The number of halogens is 2. The molecule has 0 saturated carbocycles. The highest BCUT2D eigenvalue weighted by atomic mass is 35.5. The highest BCUT2D eigenvalue weighted by Gasteiger charge is 2.73. The van der Waals surface area contributed by atoms with Crippen LogP contribution in [-0.2, 0) is 85.7 Å². The predicted molar refractivity (Wildman–Crippen MR) is 289 cm³/mol. The van der Waals surface area contributed by atoms with E-state index >= 15 is 0 Å². The Morgan fingerprint density at radius 3 is 1.61 bits per heavy atom. The number of nitrogens with zero attached hydrogens (tertiary/aromatic N) is 2. The molecule has 2 saturated heterocycles. The number of phenols is 1. The molecule has 4 bridgehead atoms. The van der Waals surface area contributed by atoms with E-state index in [0.29, 0.717) is 44.4 Å². The van der Waals surface area contributed by atoms with Gasteiger partial charge in [-0.1, -0.05) is 18.2 Å². The van der Waals surface area contributed by atoms with Crippen LogP contribution in [0.15, 0.2) is 47.9 Å². The first-order chi connectivity index (χ1) is 38.5. The molecular weight excluding hydrogens is 1120 g/mol. The van der Waals surface area contributed by atoms with Crippen LogP contribution in [0.2, 0.25) is 0 Å². The average Bonchev–Trinajstić information content (AvgIpc) is 1.72. The van der Waals surface area contributed by atoms with Crippen molar-refractivity contribution in [2.24, 2.45) is 0 Å². The lowest BCUT2D eigenvalue weighted by Gasteiger charge is -2.61. The van der Waals surface area contributed by atoms with Crippen LogP contribution in [0.1, 0.15) is 120 Å². The van der Waals surface area contributed by atoms with E-state index in [1.807, 2.05) is 33.2 Å². The molecule has 2 aromatic rings. The number of carbonyl (C=O) groups excluding carboxylic acids is 6. The van der Waals surface area contributed by atoms with Crippen molar-refractivity contribution in [3.63, 3.8) is 0 Å². The molecule has 82 heavy (non-hydrogen) atoms. The van der Waals surface area contributed by atoms with Crippen LogP contribution in [0.4, 0.5) is 0 Å². The summed E-state index contributed by atoms with van der Waals surface area (Å²) in [6.07, 6.45) is -1.14. The van der Waals surface area contributed by atoms with Gasteiger partial charge in [-0.25, -0.2) is 4.79 Å². The molecular formula is C58H70Cl2N2O20. The Balaban J connectivity index is 0.000000206. The summed E-state index contributed by atoms with van der Waals surface area (Å²) in [5.41, 5.74) is 0.306. The summed E-state index contributed by atoms with van der Waals surface area (Å²) in [6.45, 7) is 9.77. The first-order valence-electron chi connectivity index (χ1n) is 27.2. The van der Waals surface area contributed by atoms with Gasteiger partial charge < -0.3 is 68.5 Å². The molecule has 24 heteroatoms. The number of piperidine rings is 2. The number of carboxylic acid groups (broad SMARTS) is 2. The summed E-state index contributed by atoms with van der Waals surface area (Å²) >= 11 is 9.53. The molecule has 0 amide bonds. The lowest BCUT2D eigenvalue weighted by atomic mass is 9.50. The van der Waals surface area contributed by atoms with Gasteiger partial charge in [-0.05, 0) is 122 Å². The Kier molecular flexibility index (Phi) is 18.0. The number of aryl methyl sites for hydroxylation is 1. The number of likely N-dealkylation sites (N-methyl/N-ethyl adjacent to an activating group) is 2. The number of aliphatic carboxylic acids is 2. The number of ether oxygens (including phenoxy) is 7. The van der Waals surface area contributed by atoms with Crippen LogP contribution in [0.3, 0.4) is 0 Å². The minimum absolute atomic E-state index is 0.0648. The highest BCUT2D eigenvalue weighted by Crippen LogP contribution is 2.66. The third-order valence-electron chi connectivity index (χ3n) is 17.1. The Morgan fingerprint density at radius 1 is 0.695 bits per heavy atom. The van der Waals surface area contributed by atoms with Gasteiger partial charge in [-0.3, -0.25) is 33.6 Å².